The van der Waals surface area contributed by atoms with E-state index < -0.39 is 23.1 Å². The van der Waals surface area contributed by atoms with Crippen LogP contribution in [0, 0.1) is 0 Å². The number of Topliss-reactive ketones (excluding diaryl/α,β-unsaturated/α-hetero) is 1. The first-order valence-corrected chi connectivity index (χ1v) is 7.80. The molecule has 3 N–H and O–H groups in total. The van der Waals surface area contributed by atoms with Crippen LogP contribution >= 0.6 is 0 Å². The average Bonchev–Trinajstić information content (AvgIpc) is 2.58. The largest absolute Gasteiger partial charge is 0.392 e. The number of hydrogen-bond donors (Lipinski definition) is 2. The molecule has 0 saturated heterocycles. The van der Waals surface area contributed by atoms with Crippen molar-refractivity contribution >= 4 is 17.3 Å². The van der Waals surface area contributed by atoms with Gasteiger partial charge in [0.25, 0.3) is 5.56 Å². The summed E-state index contributed by atoms with van der Waals surface area (Å²) >= 11 is 0. The van der Waals surface area contributed by atoms with Crippen LogP contribution in [0.5, 0.6) is 0 Å². The lowest BCUT2D eigenvalue weighted by Gasteiger charge is -2.25. The third-order valence-corrected chi connectivity index (χ3v) is 3.93. The van der Waals surface area contributed by atoms with E-state index >= 15 is 0 Å². The lowest BCUT2D eigenvalue weighted by atomic mass is 10.1. The summed E-state index contributed by atoms with van der Waals surface area (Å²) in [4.78, 5) is 38.6. The lowest BCUT2D eigenvalue weighted by molar-refractivity contribution is 0.0994. The van der Waals surface area contributed by atoms with Gasteiger partial charge < -0.3 is 15.7 Å². The van der Waals surface area contributed by atoms with E-state index in [2.05, 4.69) is 0 Å². The molecule has 1 aromatic heterocycles. The van der Waals surface area contributed by atoms with Gasteiger partial charge >= 0.3 is 5.69 Å². The summed E-state index contributed by atoms with van der Waals surface area (Å²) in [6.07, 6.45) is -0.673. The Bertz CT molecular complexity index is 884. The van der Waals surface area contributed by atoms with Crippen molar-refractivity contribution < 1.29 is 9.90 Å². The van der Waals surface area contributed by atoms with Gasteiger partial charge in [-0.05, 0) is 19.1 Å². The molecule has 8 nitrogen and oxygen atoms in total. The van der Waals surface area contributed by atoms with Crippen molar-refractivity contribution in [2.24, 2.45) is 14.1 Å². The molecular formula is C17H22N4O4. The zero-order chi connectivity index (χ0) is 18.7. The first kappa shape index (κ1) is 18.5. The van der Waals surface area contributed by atoms with Gasteiger partial charge in [0.2, 0.25) is 0 Å². The minimum absolute atomic E-state index is 0.146. The zero-order valence-electron chi connectivity index (χ0n) is 14.5. The Balaban J connectivity index is 2.43. The van der Waals surface area contributed by atoms with E-state index in [1.807, 2.05) is 18.2 Å². The molecule has 8 heteroatoms. The van der Waals surface area contributed by atoms with Gasteiger partial charge in [-0.15, -0.1) is 0 Å². The van der Waals surface area contributed by atoms with Gasteiger partial charge in [-0.1, -0.05) is 18.2 Å². The second-order valence-corrected chi connectivity index (χ2v) is 5.95. The van der Waals surface area contributed by atoms with E-state index in [0.717, 1.165) is 14.8 Å². The molecule has 1 atom stereocenters. The molecule has 0 aliphatic carbocycles. The van der Waals surface area contributed by atoms with Crippen molar-refractivity contribution in [3.8, 4) is 0 Å². The van der Waals surface area contributed by atoms with Gasteiger partial charge in [0.1, 0.15) is 11.4 Å². The Labute approximate surface area is 144 Å². The molecule has 2 aromatic rings. The van der Waals surface area contributed by atoms with Crippen LogP contribution in [-0.4, -0.2) is 39.2 Å². The third kappa shape index (κ3) is 3.80. The number of nitrogens with two attached hydrogens (primary N) is 1. The number of nitrogens with zero attached hydrogens (tertiary/aromatic N) is 3. The van der Waals surface area contributed by atoms with Gasteiger partial charge in [0.05, 0.1) is 12.6 Å². The number of benzene rings is 1. The number of carbonyl (C=O) groups is 1. The first-order chi connectivity index (χ1) is 11.7. The number of anilines is 2. The number of ketones is 1. The minimum atomic E-state index is -0.726. The van der Waals surface area contributed by atoms with Crippen LogP contribution in [0.1, 0.15) is 17.3 Å². The summed E-state index contributed by atoms with van der Waals surface area (Å²) in [5.74, 6) is -0.679. The summed E-state index contributed by atoms with van der Waals surface area (Å²) in [5.41, 5.74) is 5.02. The normalized spacial score (nSPS) is 12.0. The van der Waals surface area contributed by atoms with Crippen molar-refractivity contribution in [1.82, 2.24) is 9.13 Å². The highest BCUT2D eigenvalue weighted by Gasteiger charge is 2.23. The van der Waals surface area contributed by atoms with E-state index in [1.54, 1.807) is 24.0 Å². The summed E-state index contributed by atoms with van der Waals surface area (Å²) in [5, 5.41) is 9.71. The molecule has 0 aliphatic rings. The van der Waals surface area contributed by atoms with Crippen molar-refractivity contribution in [3.63, 3.8) is 0 Å². The molecule has 0 spiro atoms. The number of aromatic nitrogens is 2. The number of carbonyl (C=O) groups excluding carboxylic acids is 1. The highest BCUT2D eigenvalue weighted by molar-refractivity contribution is 6.02. The summed E-state index contributed by atoms with van der Waals surface area (Å²) in [7, 11) is 2.70. The van der Waals surface area contributed by atoms with E-state index in [1.165, 1.54) is 14.1 Å². The Morgan fingerprint density at radius 1 is 1.20 bits per heavy atom. The second-order valence-electron chi connectivity index (χ2n) is 5.95. The number of aliphatic hydroxyl groups is 1. The number of aliphatic hydroxyl groups excluding tert-OH is 1. The molecule has 25 heavy (non-hydrogen) atoms. The van der Waals surface area contributed by atoms with Crippen LogP contribution in [0.25, 0.3) is 0 Å². The molecule has 1 heterocycles. The highest BCUT2D eigenvalue weighted by Crippen LogP contribution is 2.15. The zero-order valence-corrected chi connectivity index (χ0v) is 14.5. The van der Waals surface area contributed by atoms with Gasteiger partial charge in [-0.3, -0.25) is 18.7 Å². The number of hydrogen-bond acceptors (Lipinski definition) is 6. The standard InChI is InChI=1S/C17H22N4O4/c1-11(22)9-21(12-7-5-4-6-8-12)10-13(23)14-15(18)19(2)17(25)20(3)16(14)24/h4-8,11,22H,9-10,18H2,1-3H3. The minimum Gasteiger partial charge on any atom is -0.392 e. The molecule has 0 radical (unpaired) electrons. The smallest absolute Gasteiger partial charge is 0.332 e. The number of para-hydroxylation sites is 1. The summed E-state index contributed by atoms with van der Waals surface area (Å²) < 4.78 is 1.92. The van der Waals surface area contributed by atoms with Crippen molar-refractivity contribution in [2.75, 3.05) is 23.7 Å². The quantitative estimate of drug-likeness (QED) is 0.697. The van der Waals surface area contributed by atoms with Crippen LogP contribution in [0.3, 0.4) is 0 Å². The maximum absolute atomic E-state index is 12.7. The Kier molecular flexibility index (Phi) is 5.43. The fourth-order valence-electron chi connectivity index (χ4n) is 2.59. The summed E-state index contributed by atoms with van der Waals surface area (Å²) in [6, 6.07) is 9.07. The molecule has 0 fully saturated rings. The van der Waals surface area contributed by atoms with Crippen LogP contribution in [0.4, 0.5) is 11.5 Å². The summed E-state index contributed by atoms with van der Waals surface area (Å²) in [6.45, 7) is 1.67. The second kappa shape index (κ2) is 7.35. The maximum atomic E-state index is 12.7. The monoisotopic (exact) mass is 346 g/mol. The SMILES string of the molecule is CC(O)CN(CC(=O)c1c(N)n(C)c(=O)n(C)c1=O)c1ccccc1. The van der Waals surface area contributed by atoms with Gasteiger partial charge in [0, 0.05) is 26.3 Å². The predicted octanol–water partition coefficient (Wildman–Crippen LogP) is -0.264. The Morgan fingerprint density at radius 2 is 1.80 bits per heavy atom. The fraction of sp³-hybridized carbons (Fsp3) is 0.353. The maximum Gasteiger partial charge on any atom is 0.332 e. The van der Waals surface area contributed by atoms with Crippen molar-refractivity contribution in [1.29, 1.82) is 0 Å². The molecule has 0 saturated carbocycles. The van der Waals surface area contributed by atoms with Gasteiger partial charge in [0.15, 0.2) is 5.78 Å². The lowest BCUT2D eigenvalue weighted by Crippen LogP contribution is -2.44. The molecule has 134 valence electrons. The van der Waals surface area contributed by atoms with Gasteiger partial charge in [-0.2, -0.15) is 0 Å². The molecule has 2 rings (SSSR count). The van der Waals surface area contributed by atoms with Gasteiger partial charge in [-0.25, -0.2) is 4.79 Å². The highest BCUT2D eigenvalue weighted by atomic mass is 16.3. The van der Waals surface area contributed by atoms with E-state index in [-0.39, 0.29) is 24.5 Å². The number of nitrogen functional groups attached to an aromatic ring is 1. The van der Waals surface area contributed by atoms with Crippen LogP contribution in [0.15, 0.2) is 39.9 Å². The molecule has 0 bridgehead atoms. The molecular weight excluding hydrogens is 324 g/mol. The molecule has 0 aliphatic heterocycles. The van der Waals surface area contributed by atoms with Crippen molar-refractivity contribution in [3.05, 3.63) is 56.7 Å². The molecule has 1 unspecified atom stereocenters. The molecule has 0 amide bonds. The van der Waals surface area contributed by atoms with Crippen LogP contribution < -0.4 is 21.9 Å². The molecule has 1 aromatic carbocycles. The van der Waals surface area contributed by atoms with Crippen LogP contribution in [0.2, 0.25) is 0 Å². The van der Waals surface area contributed by atoms with E-state index in [4.69, 9.17) is 5.73 Å². The van der Waals surface area contributed by atoms with Crippen molar-refractivity contribution in [2.45, 2.75) is 13.0 Å². The third-order valence-electron chi connectivity index (χ3n) is 3.93. The average molecular weight is 346 g/mol. The Hall–Kier alpha value is -2.87. The number of rotatable bonds is 6. The van der Waals surface area contributed by atoms with E-state index in [9.17, 15) is 19.5 Å². The first-order valence-electron chi connectivity index (χ1n) is 7.80. The Morgan fingerprint density at radius 3 is 2.36 bits per heavy atom. The topological polar surface area (TPSA) is 111 Å². The van der Waals surface area contributed by atoms with Crippen LogP contribution in [-0.2, 0) is 14.1 Å². The predicted molar refractivity (Wildman–Crippen MR) is 96.0 cm³/mol. The fourth-order valence-corrected chi connectivity index (χ4v) is 2.59. The van der Waals surface area contributed by atoms with E-state index in [0.29, 0.717) is 0 Å².